The lowest BCUT2D eigenvalue weighted by Gasteiger charge is -1.99. The number of hydrogen-bond donors (Lipinski definition) is 0. The van der Waals surface area contributed by atoms with E-state index < -0.39 is 15.3 Å². The molecule has 0 heterocycles. The zero-order valence-electron chi connectivity index (χ0n) is 7.25. The van der Waals surface area contributed by atoms with E-state index in [1.54, 1.807) is 18.2 Å². The summed E-state index contributed by atoms with van der Waals surface area (Å²) in [4.78, 5) is 0. The number of halogens is 3. The molecule has 0 atom stereocenters. The summed E-state index contributed by atoms with van der Waals surface area (Å²) in [5.74, 6) is 1.93. The van der Waals surface area contributed by atoms with Crippen molar-refractivity contribution < 1.29 is 21.6 Å². The predicted octanol–water partition coefficient (Wildman–Crippen LogP) is 1.93. The van der Waals surface area contributed by atoms with Crippen LogP contribution in [0.3, 0.4) is 0 Å². The van der Waals surface area contributed by atoms with E-state index in [4.69, 9.17) is 0 Å². The molecule has 0 N–H and O–H groups in total. The van der Waals surface area contributed by atoms with Gasteiger partial charge in [0.05, 0.1) is 0 Å². The quantitative estimate of drug-likeness (QED) is 0.643. The van der Waals surface area contributed by atoms with Gasteiger partial charge < -0.3 is 0 Å². The van der Waals surface area contributed by atoms with Crippen LogP contribution >= 0.6 is 0 Å². The highest BCUT2D eigenvalue weighted by Gasteiger charge is 2.44. The summed E-state index contributed by atoms with van der Waals surface area (Å²) in [5, 5.41) is 1.21. The average molecular weight is 234 g/mol. The largest absolute Gasteiger partial charge is 0.509 e. The molecule has 0 saturated heterocycles. The van der Waals surface area contributed by atoms with E-state index in [0.717, 1.165) is 0 Å². The molecule has 0 saturated carbocycles. The fourth-order valence-corrected chi connectivity index (χ4v) is 1.07. The van der Waals surface area contributed by atoms with E-state index in [1.807, 2.05) is 5.92 Å². The van der Waals surface area contributed by atoms with E-state index in [1.165, 1.54) is 17.4 Å². The highest BCUT2D eigenvalue weighted by Crippen LogP contribution is 2.22. The highest BCUT2D eigenvalue weighted by atomic mass is 32.2. The topological polar surface area (TPSA) is 34.1 Å². The molecule has 80 valence electrons. The van der Waals surface area contributed by atoms with Gasteiger partial charge in [-0.3, -0.25) is 0 Å². The number of benzene rings is 1. The van der Waals surface area contributed by atoms with Gasteiger partial charge in [0.25, 0.3) is 0 Å². The van der Waals surface area contributed by atoms with Crippen molar-refractivity contribution >= 4 is 9.84 Å². The van der Waals surface area contributed by atoms with Crippen LogP contribution in [-0.2, 0) is 9.84 Å². The Morgan fingerprint density at radius 2 is 1.60 bits per heavy atom. The lowest BCUT2D eigenvalue weighted by molar-refractivity contribution is -0.0420. The molecule has 0 aromatic heterocycles. The van der Waals surface area contributed by atoms with E-state index in [0.29, 0.717) is 0 Å². The fraction of sp³-hybridized carbons (Fsp3) is 0.111. The number of rotatable bonds is 0. The third-order valence-electron chi connectivity index (χ3n) is 1.41. The van der Waals surface area contributed by atoms with Gasteiger partial charge in [-0.2, -0.15) is 13.2 Å². The summed E-state index contributed by atoms with van der Waals surface area (Å²) >= 11 is 0. The molecule has 0 bridgehead atoms. The van der Waals surface area contributed by atoms with E-state index in [-0.39, 0.29) is 5.56 Å². The van der Waals surface area contributed by atoms with Crippen LogP contribution in [0.4, 0.5) is 13.2 Å². The van der Waals surface area contributed by atoms with Crippen molar-refractivity contribution in [3.05, 3.63) is 35.9 Å². The Morgan fingerprint density at radius 1 is 1.07 bits per heavy atom. The van der Waals surface area contributed by atoms with Crippen LogP contribution in [0.5, 0.6) is 0 Å². The molecule has 2 nitrogen and oxygen atoms in total. The smallest absolute Gasteiger partial charge is 0.206 e. The van der Waals surface area contributed by atoms with Gasteiger partial charge in [-0.25, -0.2) is 8.42 Å². The van der Waals surface area contributed by atoms with Crippen molar-refractivity contribution in [1.29, 1.82) is 0 Å². The second-order valence-corrected chi connectivity index (χ2v) is 4.22. The molecule has 0 radical (unpaired) electrons. The van der Waals surface area contributed by atoms with Crippen LogP contribution in [0.15, 0.2) is 30.3 Å². The summed E-state index contributed by atoms with van der Waals surface area (Å²) in [6, 6.07) is 7.57. The summed E-state index contributed by atoms with van der Waals surface area (Å²) < 4.78 is 56.6. The van der Waals surface area contributed by atoms with Gasteiger partial charge in [-0.1, -0.05) is 18.2 Å². The van der Waals surface area contributed by atoms with Crippen molar-refractivity contribution in [2.24, 2.45) is 0 Å². The third kappa shape index (κ3) is 2.99. The van der Waals surface area contributed by atoms with Crippen LogP contribution in [0, 0.1) is 11.2 Å². The summed E-state index contributed by atoms with van der Waals surface area (Å²) in [5.41, 5.74) is -5.11. The first-order valence-corrected chi connectivity index (χ1v) is 5.20. The Balaban J connectivity index is 3.04. The van der Waals surface area contributed by atoms with Crippen molar-refractivity contribution in [3.8, 4) is 11.2 Å². The van der Waals surface area contributed by atoms with Crippen molar-refractivity contribution in [3.63, 3.8) is 0 Å². The van der Waals surface area contributed by atoms with Crippen molar-refractivity contribution in [1.82, 2.24) is 0 Å². The van der Waals surface area contributed by atoms with Crippen molar-refractivity contribution in [2.45, 2.75) is 5.51 Å². The Bertz CT molecular complexity index is 492. The number of sulfone groups is 1. The maximum atomic E-state index is 11.8. The van der Waals surface area contributed by atoms with Gasteiger partial charge >= 0.3 is 15.3 Å². The maximum Gasteiger partial charge on any atom is 0.509 e. The van der Waals surface area contributed by atoms with Gasteiger partial charge in [-0.15, -0.1) is 0 Å². The van der Waals surface area contributed by atoms with Gasteiger partial charge in [0.2, 0.25) is 0 Å². The van der Waals surface area contributed by atoms with Crippen LogP contribution < -0.4 is 0 Å². The molecular weight excluding hydrogens is 229 g/mol. The Morgan fingerprint density at radius 3 is 2.07 bits per heavy atom. The molecular formula is C9H5F3O2S. The Labute approximate surface area is 84.6 Å². The summed E-state index contributed by atoms with van der Waals surface area (Å²) in [6.07, 6.45) is 0. The zero-order chi connectivity index (χ0) is 11.5. The number of hydrogen-bond acceptors (Lipinski definition) is 2. The van der Waals surface area contributed by atoms with Gasteiger partial charge in [-0.05, 0) is 18.1 Å². The van der Waals surface area contributed by atoms with E-state index >= 15 is 0 Å². The molecule has 0 aliphatic carbocycles. The predicted molar refractivity (Wildman–Crippen MR) is 48.3 cm³/mol. The first-order valence-electron chi connectivity index (χ1n) is 3.72. The lowest BCUT2D eigenvalue weighted by atomic mass is 10.2. The molecule has 1 aromatic rings. The van der Waals surface area contributed by atoms with Crippen LogP contribution in [0.1, 0.15) is 5.56 Å². The third-order valence-corrected chi connectivity index (χ3v) is 2.39. The maximum absolute atomic E-state index is 11.8. The molecule has 0 spiro atoms. The molecule has 1 rings (SSSR count). The molecule has 0 aliphatic heterocycles. The molecule has 0 fully saturated rings. The highest BCUT2D eigenvalue weighted by molar-refractivity contribution is 7.96. The van der Waals surface area contributed by atoms with Crippen molar-refractivity contribution in [2.75, 3.05) is 0 Å². The van der Waals surface area contributed by atoms with Gasteiger partial charge in [0, 0.05) is 10.8 Å². The zero-order valence-corrected chi connectivity index (χ0v) is 8.06. The van der Waals surface area contributed by atoms with Crippen LogP contribution in [0.2, 0.25) is 0 Å². The first kappa shape index (κ1) is 11.6. The minimum Gasteiger partial charge on any atom is -0.206 e. The van der Waals surface area contributed by atoms with Crippen LogP contribution in [-0.4, -0.2) is 13.9 Å². The molecule has 0 aliphatic rings. The molecule has 0 unspecified atom stereocenters. The van der Waals surface area contributed by atoms with E-state index in [9.17, 15) is 21.6 Å². The SMILES string of the molecule is O=S(=O)(C#Cc1ccccc1)C(F)(F)F. The Kier molecular flexibility index (Phi) is 3.05. The minimum atomic E-state index is -5.36. The second kappa shape index (κ2) is 3.95. The van der Waals surface area contributed by atoms with Gasteiger partial charge in [0.1, 0.15) is 0 Å². The second-order valence-electron chi connectivity index (χ2n) is 2.54. The molecule has 6 heteroatoms. The lowest BCUT2D eigenvalue weighted by Crippen LogP contribution is -2.20. The van der Waals surface area contributed by atoms with Crippen LogP contribution in [0.25, 0.3) is 0 Å². The normalized spacial score (nSPS) is 11.7. The first-order chi connectivity index (χ1) is 6.83. The summed E-state index contributed by atoms with van der Waals surface area (Å²) in [6.45, 7) is 0. The monoisotopic (exact) mass is 234 g/mol. The fourth-order valence-electron chi connectivity index (χ4n) is 0.705. The average Bonchev–Trinajstić information content (AvgIpc) is 2.15. The molecule has 15 heavy (non-hydrogen) atoms. The summed E-state index contributed by atoms with van der Waals surface area (Å²) in [7, 11) is -5.36. The Hall–Kier alpha value is -1.48. The number of alkyl halides is 3. The molecule has 0 amide bonds. The minimum absolute atomic E-state index is 0.213. The standard InChI is InChI=1S/C9H5F3O2S/c10-9(11,12)15(13,14)7-6-8-4-2-1-3-5-8/h1-5H. The van der Waals surface area contributed by atoms with Gasteiger partial charge in [0.15, 0.2) is 0 Å². The van der Waals surface area contributed by atoms with E-state index in [2.05, 4.69) is 0 Å². The molecule has 1 aromatic carbocycles.